The molecule has 0 aromatic carbocycles. The number of nitrogens with one attached hydrogen (secondary N) is 1. The molecule has 2 atom stereocenters. The van der Waals surface area contributed by atoms with Crippen LogP contribution in [-0.4, -0.2) is 41.9 Å². The van der Waals surface area contributed by atoms with Crippen molar-refractivity contribution in [2.24, 2.45) is 0 Å². The predicted molar refractivity (Wildman–Crippen MR) is 68.3 cm³/mol. The first kappa shape index (κ1) is 14.0. The number of rotatable bonds is 1. The average molecular weight is 344 g/mol. The van der Waals surface area contributed by atoms with Crippen molar-refractivity contribution in [1.82, 2.24) is 8.43 Å². The van der Waals surface area contributed by atoms with E-state index in [2.05, 4.69) is 3.53 Å². The number of hydrogen-bond donors (Lipinski definition) is 1. The monoisotopic (exact) mass is 344 g/mol. The highest BCUT2D eigenvalue weighted by Gasteiger charge is 2.32. The molecule has 0 aliphatic carbocycles. The Morgan fingerprint density at radius 3 is 2.69 bits per heavy atom. The Morgan fingerprint density at radius 1 is 1.56 bits per heavy atom. The van der Waals surface area contributed by atoms with Crippen molar-refractivity contribution in [3.8, 4) is 0 Å². The maximum absolute atomic E-state index is 13.4. The van der Waals surface area contributed by atoms with Crippen LogP contribution in [0.15, 0.2) is 0 Å². The van der Waals surface area contributed by atoms with Gasteiger partial charge in [0, 0.05) is 36.0 Å². The number of carbonyl (C=O) groups excluding carboxylic acids is 1. The fraction of sp³-hybridized carbons (Fsp3) is 0.900. The summed E-state index contributed by atoms with van der Waals surface area (Å²) in [5.74, 6) is 0. The summed E-state index contributed by atoms with van der Waals surface area (Å²) in [6.07, 6.45) is -0.897. The minimum Gasteiger partial charge on any atom is -0.444 e. The first-order chi connectivity index (χ1) is 7.33. The lowest BCUT2D eigenvalue weighted by Gasteiger charge is -2.35. The summed E-state index contributed by atoms with van der Waals surface area (Å²) < 4.78 is 21.5. The van der Waals surface area contributed by atoms with Gasteiger partial charge >= 0.3 is 6.09 Å². The van der Waals surface area contributed by atoms with E-state index in [0.717, 1.165) is 0 Å². The molecule has 1 N–H and O–H groups in total. The van der Waals surface area contributed by atoms with Gasteiger partial charge < -0.3 is 9.64 Å². The molecule has 1 fully saturated rings. The Labute approximate surface area is 109 Å². The lowest BCUT2D eigenvalue weighted by Crippen LogP contribution is -2.52. The highest BCUT2D eigenvalue weighted by Crippen LogP contribution is 2.18. The number of amides is 1. The third-order valence-electron chi connectivity index (χ3n) is 2.32. The third kappa shape index (κ3) is 4.04. The van der Waals surface area contributed by atoms with E-state index in [9.17, 15) is 9.18 Å². The SMILES string of the molecule is CC(C)(C)OC(=O)N1CC[C@H](F)[C@H](NI)C1. The van der Waals surface area contributed by atoms with Gasteiger partial charge in [0.2, 0.25) is 0 Å². The maximum atomic E-state index is 13.4. The molecular weight excluding hydrogens is 326 g/mol. The quantitative estimate of drug-likeness (QED) is 0.586. The first-order valence-electron chi connectivity index (χ1n) is 5.31. The summed E-state index contributed by atoms with van der Waals surface area (Å²) in [5.41, 5.74) is -0.503. The molecule has 0 unspecified atom stereocenters. The zero-order chi connectivity index (χ0) is 12.3. The van der Waals surface area contributed by atoms with Crippen molar-refractivity contribution in [3.63, 3.8) is 0 Å². The molecule has 0 saturated carbocycles. The van der Waals surface area contributed by atoms with Gasteiger partial charge in [-0.25, -0.2) is 9.18 Å². The molecule has 0 spiro atoms. The van der Waals surface area contributed by atoms with Crippen LogP contribution in [0.4, 0.5) is 9.18 Å². The Morgan fingerprint density at radius 2 is 2.19 bits per heavy atom. The molecule has 0 radical (unpaired) electrons. The summed E-state index contributed by atoms with van der Waals surface area (Å²) in [6.45, 7) is 6.24. The summed E-state index contributed by atoms with van der Waals surface area (Å²) >= 11 is 1.91. The molecule has 0 bridgehead atoms. The smallest absolute Gasteiger partial charge is 0.410 e. The summed E-state index contributed by atoms with van der Waals surface area (Å²) in [7, 11) is 0. The number of halogens is 2. The molecule has 94 valence electrons. The van der Waals surface area contributed by atoms with E-state index in [1.54, 1.807) is 4.90 Å². The molecule has 1 heterocycles. The van der Waals surface area contributed by atoms with E-state index in [1.165, 1.54) is 0 Å². The van der Waals surface area contributed by atoms with Crippen molar-refractivity contribution in [2.75, 3.05) is 13.1 Å². The third-order valence-corrected chi connectivity index (χ3v) is 3.12. The molecule has 0 aromatic rings. The van der Waals surface area contributed by atoms with Crippen LogP contribution in [0, 0.1) is 0 Å². The molecule has 6 heteroatoms. The summed E-state index contributed by atoms with van der Waals surface area (Å²) in [5, 5.41) is 0. The van der Waals surface area contributed by atoms with Crippen LogP contribution < -0.4 is 3.53 Å². The zero-order valence-corrected chi connectivity index (χ0v) is 12.0. The first-order valence-corrected chi connectivity index (χ1v) is 6.39. The normalized spacial score (nSPS) is 26.7. The summed E-state index contributed by atoms with van der Waals surface area (Å²) in [6, 6.07) is -0.304. The topological polar surface area (TPSA) is 41.6 Å². The predicted octanol–water partition coefficient (Wildman–Crippen LogP) is 2.27. The second kappa shape index (κ2) is 5.48. The van der Waals surface area contributed by atoms with Crippen LogP contribution in [-0.2, 0) is 4.74 Å². The minimum absolute atomic E-state index is 0.304. The van der Waals surface area contributed by atoms with Gasteiger partial charge in [0.25, 0.3) is 0 Å². The second-order valence-corrected chi connectivity index (χ2v) is 5.57. The summed E-state index contributed by atoms with van der Waals surface area (Å²) in [4.78, 5) is 13.3. The van der Waals surface area contributed by atoms with E-state index in [1.807, 2.05) is 43.6 Å². The largest absolute Gasteiger partial charge is 0.444 e. The Bertz CT molecular complexity index is 258. The second-order valence-electron chi connectivity index (χ2n) is 4.95. The van der Waals surface area contributed by atoms with Gasteiger partial charge in [-0.3, -0.25) is 3.53 Å². The number of ether oxygens (including phenoxy) is 1. The van der Waals surface area contributed by atoms with Crippen LogP contribution in [0.2, 0.25) is 0 Å². The van der Waals surface area contributed by atoms with Gasteiger partial charge in [0.05, 0.1) is 6.04 Å². The number of nitrogens with zero attached hydrogens (tertiary/aromatic N) is 1. The molecule has 1 aliphatic rings. The number of likely N-dealkylation sites (tertiary alicyclic amines) is 1. The van der Waals surface area contributed by atoms with Gasteiger partial charge in [-0.05, 0) is 27.2 Å². The number of piperidine rings is 1. The molecular formula is C10H18FIN2O2. The van der Waals surface area contributed by atoms with Gasteiger partial charge in [-0.2, -0.15) is 0 Å². The average Bonchev–Trinajstić information content (AvgIpc) is 2.15. The van der Waals surface area contributed by atoms with Crippen molar-refractivity contribution >= 4 is 29.0 Å². The standard InChI is InChI=1S/C10H18FIN2O2/c1-10(2,3)16-9(15)14-5-4-7(11)8(6-14)13-12/h7-8,13H,4-6H2,1-3H3/t7-,8+/m0/s1. The Kier molecular flexibility index (Phi) is 4.78. The van der Waals surface area contributed by atoms with Crippen molar-refractivity contribution in [3.05, 3.63) is 0 Å². The van der Waals surface area contributed by atoms with Crippen LogP contribution in [0.1, 0.15) is 27.2 Å². The Balaban J connectivity index is 2.52. The van der Waals surface area contributed by atoms with Crippen LogP contribution in [0.3, 0.4) is 0 Å². The highest BCUT2D eigenvalue weighted by atomic mass is 127. The van der Waals surface area contributed by atoms with E-state index >= 15 is 0 Å². The van der Waals surface area contributed by atoms with Crippen LogP contribution >= 0.6 is 22.9 Å². The van der Waals surface area contributed by atoms with E-state index in [4.69, 9.17) is 4.74 Å². The molecule has 4 nitrogen and oxygen atoms in total. The molecule has 0 aromatic heterocycles. The van der Waals surface area contributed by atoms with Crippen molar-refractivity contribution < 1.29 is 13.9 Å². The van der Waals surface area contributed by atoms with Crippen molar-refractivity contribution in [1.29, 1.82) is 0 Å². The number of alkyl halides is 1. The number of carbonyl (C=O) groups is 1. The van der Waals surface area contributed by atoms with E-state index < -0.39 is 11.8 Å². The molecule has 1 amide bonds. The van der Waals surface area contributed by atoms with Crippen molar-refractivity contribution in [2.45, 2.75) is 45.0 Å². The molecule has 1 saturated heterocycles. The van der Waals surface area contributed by atoms with E-state index in [0.29, 0.717) is 19.5 Å². The Hall–Kier alpha value is -0.110. The fourth-order valence-electron chi connectivity index (χ4n) is 1.52. The maximum Gasteiger partial charge on any atom is 0.410 e. The van der Waals surface area contributed by atoms with Gasteiger partial charge in [-0.15, -0.1) is 0 Å². The molecule has 16 heavy (non-hydrogen) atoms. The minimum atomic E-state index is -0.893. The molecule has 1 aliphatic heterocycles. The van der Waals surface area contributed by atoms with Crippen LogP contribution in [0.25, 0.3) is 0 Å². The highest BCUT2D eigenvalue weighted by molar-refractivity contribution is 14.1. The lowest BCUT2D eigenvalue weighted by atomic mass is 10.1. The fourth-order valence-corrected chi connectivity index (χ4v) is 2.11. The van der Waals surface area contributed by atoms with E-state index in [-0.39, 0.29) is 12.1 Å². The number of hydrogen-bond acceptors (Lipinski definition) is 3. The lowest BCUT2D eigenvalue weighted by molar-refractivity contribution is 0.0133. The zero-order valence-electron chi connectivity index (χ0n) is 9.80. The van der Waals surface area contributed by atoms with Gasteiger partial charge in [0.1, 0.15) is 11.8 Å². The molecule has 1 rings (SSSR count). The van der Waals surface area contributed by atoms with Gasteiger partial charge in [0.15, 0.2) is 0 Å². The van der Waals surface area contributed by atoms with Crippen LogP contribution in [0.5, 0.6) is 0 Å². The van der Waals surface area contributed by atoms with Gasteiger partial charge in [-0.1, -0.05) is 0 Å².